The van der Waals surface area contributed by atoms with Crippen molar-refractivity contribution in [2.24, 2.45) is 0 Å². The quantitative estimate of drug-likeness (QED) is 0.493. The van der Waals surface area contributed by atoms with E-state index in [1.54, 1.807) is 21.2 Å². The zero-order valence-electron chi connectivity index (χ0n) is 16.4. The van der Waals surface area contributed by atoms with Crippen LogP contribution < -0.4 is 15.5 Å². The lowest BCUT2D eigenvalue weighted by molar-refractivity contribution is 0.101. The summed E-state index contributed by atoms with van der Waals surface area (Å²) in [5.41, 5.74) is 7.67. The summed E-state index contributed by atoms with van der Waals surface area (Å²) >= 11 is 1.37. The number of hydrogen-bond donors (Lipinski definition) is 1. The molecule has 30 heavy (non-hydrogen) atoms. The maximum atomic E-state index is 13.0. The molecule has 0 bridgehead atoms. The summed E-state index contributed by atoms with van der Waals surface area (Å²) in [5, 5.41) is 0. The van der Waals surface area contributed by atoms with E-state index in [0.717, 1.165) is 28.0 Å². The van der Waals surface area contributed by atoms with Gasteiger partial charge in [-0.2, -0.15) is 0 Å². The smallest absolute Gasteiger partial charge is 0.267 e. The summed E-state index contributed by atoms with van der Waals surface area (Å²) < 4.78 is 4.01. The molecule has 1 N–H and O–H groups in total. The Balaban J connectivity index is 1.56. The maximum Gasteiger partial charge on any atom is 0.274 e. The molecule has 6 nitrogen and oxygen atoms in total. The van der Waals surface area contributed by atoms with Crippen molar-refractivity contribution < 1.29 is 4.79 Å². The van der Waals surface area contributed by atoms with Crippen LogP contribution in [0.25, 0.3) is 22.1 Å². The first-order valence-electron chi connectivity index (χ1n) is 9.50. The number of aromatic nitrogens is 3. The van der Waals surface area contributed by atoms with Gasteiger partial charge in [-0.3, -0.25) is 19.7 Å². The van der Waals surface area contributed by atoms with Gasteiger partial charge in [0.2, 0.25) is 0 Å². The van der Waals surface area contributed by atoms with Crippen molar-refractivity contribution >= 4 is 39.3 Å². The van der Waals surface area contributed by atoms with Crippen LogP contribution in [0.1, 0.15) is 27.3 Å². The fourth-order valence-electron chi connectivity index (χ4n) is 3.61. The molecule has 0 fully saturated rings. The van der Waals surface area contributed by atoms with Crippen LogP contribution in [-0.4, -0.2) is 20.0 Å². The fourth-order valence-corrected chi connectivity index (χ4v) is 4.59. The van der Waals surface area contributed by atoms with E-state index in [0.29, 0.717) is 15.1 Å². The van der Waals surface area contributed by atoms with Crippen LogP contribution in [0.2, 0.25) is 0 Å². The second-order valence-corrected chi connectivity index (χ2v) is 8.11. The van der Waals surface area contributed by atoms with Gasteiger partial charge in [0.15, 0.2) is 4.96 Å². The van der Waals surface area contributed by atoms with Crippen LogP contribution >= 0.6 is 11.3 Å². The highest BCUT2D eigenvalue weighted by molar-refractivity contribution is 7.15. The first-order chi connectivity index (χ1) is 14.5. The summed E-state index contributed by atoms with van der Waals surface area (Å²) in [7, 11) is 0. The predicted octanol–water partition coefficient (Wildman–Crippen LogP) is 3.26. The molecule has 5 aromatic rings. The molecule has 5 rings (SSSR count). The maximum absolute atomic E-state index is 13.0. The van der Waals surface area contributed by atoms with Gasteiger partial charge in [0.25, 0.3) is 11.5 Å². The third kappa shape index (κ3) is 2.91. The van der Waals surface area contributed by atoms with E-state index in [1.165, 1.54) is 11.3 Å². The minimum Gasteiger partial charge on any atom is -0.267 e. The molecule has 0 aliphatic heterocycles. The highest BCUT2D eigenvalue weighted by atomic mass is 32.1. The van der Waals surface area contributed by atoms with Gasteiger partial charge in [-0.1, -0.05) is 41.7 Å². The molecule has 0 spiro atoms. The van der Waals surface area contributed by atoms with E-state index in [2.05, 4.69) is 10.4 Å². The second kappa shape index (κ2) is 6.96. The molecule has 0 aliphatic rings. The normalized spacial score (nSPS) is 12.1. The van der Waals surface area contributed by atoms with Gasteiger partial charge < -0.3 is 0 Å². The van der Waals surface area contributed by atoms with E-state index < -0.39 is 0 Å². The molecule has 0 saturated carbocycles. The zero-order valence-corrected chi connectivity index (χ0v) is 17.2. The Morgan fingerprint density at radius 1 is 1.07 bits per heavy atom. The highest BCUT2D eigenvalue weighted by Crippen LogP contribution is 2.17. The van der Waals surface area contributed by atoms with Gasteiger partial charge >= 0.3 is 0 Å². The molecule has 2 aromatic carbocycles. The Kier molecular flexibility index (Phi) is 4.25. The predicted molar refractivity (Wildman–Crippen MR) is 120 cm³/mol. The standard InChI is InChI=1S/C23H18N4O2S/c1-14-12-17(15(2)27(14)25-21(28)16-8-4-3-5-9-16)13-20-22(29)26-19-11-7-6-10-18(19)24-23(26)30-20/h3-13H,1-2H3,(H,25,28). The van der Waals surface area contributed by atoms with Gasteiger partial charge in [-0.25, -0.2) is 9.38 Å². The number of rotatable bonds is 3. The van der Waals surface area contributed by atoms with Crippen LogP contribution in [0.4, 0.5) is 0 Å². The second-order valence-electron chi connectivity index (χ2n) is 7.10. The largest absolute Gasteiger partial charge is 0.274 e. The first-order valence-corrected chi connectivity index (χ1v) is 10.3. The molecular formula is C23H18N4O2S. The van der Waals surface area contributed by atoms with Crippen LogP contribution in [0.15, 0.2) is 65.5 Å². The lowest BCUT2D eigenvalue weighted by Gasteiger charge is -2.11. The van der Waals surface area contributed by atoms with Gasteiger partial charge in [0.1, 0.15) is 0 Å². The number of fused-ring (bicyclic) bond motifs is 3. The number of imidazole rings is 1. The third-order valence-corrected chi connectivity index (χ3v) is 6.12. The summed E-state index contributed by atoms with van der Waals surface area (Å²) in [5.74, 6) is -0.186. The van der Waals surface area contributed by atoms with E-state index in [9.17, 15) is 9.59 Å². The molecule has 0 radical (unpaired) electrons. The molecule has 0 aliphatic carbocycles. The van der Waals surface area contributed by atoms with E-state index in [-0.39, 0.29) is 11.5 Å². The lowest BCUT2D eigenvalue weighted by atomic mass is 10.2. The van der Waals surface area contributed by atoms with Crippen LogP contribution in [0.3, 0.4) is 0 Å². The molecule has 0 atom stereocenters. The molecule has 0 unspecified atom stereocenters. The average Bonchev–Trinajstić information content (AvgIpc) is 3.35. The van der Waals surface area contributed by atoms with E-state index in [4.69, 9.17) is 0 Å². The van der Waals surface area contributed by atoms with Crippen LogP contribution in [0, 0.1) is 13.8 Å². The van der Waals surface area contributed by atoms with Crippen molar-refractivity contribution in [2.45, 2.75) is 13.8 Å². The minimum absolute atomic E-state index is 0.0816. The summed E-state index contributed by atoms with van der Waals surface area (Å²) in [6, 6.07) is 18.6. The number of amides is 1. The van der Waals surface area contributed by atoms with E-state index >= 15 is 0 Å². The Morgan fingerprint density at radius 3 is 2.60 bits per heavy atom. The average molecular weight is 414 g/mol. The van der Waals surface area contributed by atoms with Crippen molar-refractivity contribution in [3.05, 3.63) is 98.1 Å². The number of benzene rings is 2. The number of aryl methyl sites for hydroxylation is 1. The highest BCUT2D eigenvalue weighted by Gasteiger charge is 2.14. The topological polar surface area (TPSA) is 68.4 Å². The van der Waals surface area contributed by atoms with E-state index in [1.807, 2.05) is 68.5 Å². The molecule has 3 heterocycles. The summed E-state index contributed by atoms with van der Waals surface area (Å²) in [6.07, 6.45) is 1.87. The number of thiazole rings is 1. The number of hydrogen-bond acceptors (Lipinski definition) is 4. The van der Waals surface area contributed by atoms with Gasteiger partial charge in [-0.05, 0) is 55.8 Å². The van der Waals surface area contributed by atoms with Gasteiger partial charge in [0, 0.05) is 17.0 Å². The molecule has 148 valence electrons. The lowest BCUT2D eigenvalue weighted by Crippen LogP contribution is -2.25. The molecule has 0 saturated heterocycles. The van der Waals surface area contributed by atoms with Crippen LogP contribution in [-0.2, 0) is 0 Å². The zero-order chi connectivity index (χ0) is 20.8. The first kappa shape index (κ1) is 18.3. The Morgan fingerprint density at radius 2 is 1.80 bits per heavy atom. The fraction of sp³-hybridized carbons (Fsp3) is 0.0870. The van der Waals surface area contributed by atoms with Gasteiger partial charge in [-0.15, -0.1) is 0 Å². The minimum atomic E-state index is -0.186. The number of carbonyl (C=O) groups excluding carboxylic acids is 1. The van der Waals surface area contributed by atoms with Crippen molar-refractivity contribution in [1.29, 1.82) is 0 Å². The summed E-state index contributed by atoms with van der Waals surface area (Å²) in [6.45, 7) is 3.84. The molecule has 3 aromatic heterocycles. The Labute approximate surface area is 175 Å². The Bertz CT molecular complexity index is 1530. The molecular weight excluding hydrogens is 396 g/mol. The number of carbonyl (C=O) groups is 1. The van der Waals surface area contributed by atoms with Gasteiger partial charge in [0.05, 0.1) is 15.6 Å². The Hall–Kier alpha value is -3.71. The van der Waals surface area contributed by atoms with Crippen molar-refractivity contribution in [1.82, 2.24) is 14.1 Å². The number of nitrogens with zero attached hydrogens (tertiary/aromatic N) is 3. The molecule has 7 heteroatoms. The van der Waals surface area contributed by atoms with Crippen molar-refractivity contribution in [3.63, 3.8) is 0 Å². The third-order valence-electron chi connectivity index (χ3n) is 5.15. The molecule has 1 amide bonds. The van der Waals surface area contributed by atoms with Crippen LogP contribution in [0.5, 0.6) is 0 Å². The summed E-state index contributed by atoms with van der Waals surface area (Å²) in [4.78, 5) is 30.8. The SMILES string of the molecule is Cc1cc(C=c2sc3nc4ccccc4n3c2=O)c(C)n1NC(=O)c1ccccc1. The van der Waals surface area contributed by atoms with Crippen molar-refractivity contribution in [2.75, 3.05) is 5.43 Å². The number of para-hydroxylation sites is 2. The monoisotopic (exact) mass is 414 g/mol. The van der Waals surface area contributed by atoms with Crippen molar-refractivity contribution in [3.8, 4) is 0 Å². The number of nitrogens with one attached hydrogen (secondary N) is 1.